The van der Waals surface area contributed by atoms with E-state index in [4.69, 9.17) is 14.2 Å². The Kier molecular flexibility index (Phi) is 8.77. The zero-order valence-electron chi connectivity index (χ0n) is 11.5. The third-order valence-corrected chi connectivity index (χ3v) is 3.25. The summed E-state index contributed by atoms with van der Waals surface area (Å²) in [5, 5.41) is 0. The molecule has 100 valence electrons. The Morgan fingerprint density at radius 1 is 1.21 bits per heavy atom. The predicted molar refractivity (Wildman–Crippen MR) is 75.9 cm³/mol. The summed E-state index contributed by atoms with van der Waals surface area (Å²) in [6.07, 6.45) is 0.920. The molecule has 0 saturated heterocycles. The first kappa shape index (κ1) is 18.8. The average Bonchev–Trinajstić information content (AvgIpc) is 2.37. The van der Waals surface area contributed by atoms with Crippen molar-refractivity contribution in [1.82, 2.24) is 0 Å². The van der Waals surface area contributed by atoms with Crippen molar-refractivity contribution >= 4 is 31.0 Å². The second kappa shape index (κ2) is 8.87. The van der Waals surface area contributed by atoms with Crippen LogP contribution < -0.4 is 33.1 Å². The normalized spacial score (nSPS) is 9.53. The molecule has 0 heterocycles. The molecule has 0 radical (unpaired) electrons. The van der Waals surface area contributed by atoms with E-state index in [9.17, 15) is 4.79 Å². The summed E-state index contributed by atoms with van der Waals surface area (Å²) < 4.78 is 16.4. The van der Waals surface area contributed by atoms with Crippen molar-refractivity contribution in [2.75, 3.05) is 27.5 Å². The van der Waals surface area contributed by atoms with Crippen LogP contribution >= 0.6 is 25.2 Å². The third kappa shape index (κ3) is 4.13. The molecular weight excluding hydrogens is 326 g/mol. The molecule has 4 nitrogen and oxygen atoms in total. The van der Waals surface area contributed by atoms with Crippen LogP contribution in [0.4, 0.5) is 0 Å². The van der Waals surface area contributed by atoms with Crippen molar-refractivity contribution < 1.29 is 37.9 Å². The van der Waals surface area contributed by atoms with Gasteiger partial charge < -0.3 is 23.5 Å². The van der Waals surface area contributed by atoms with Crippen LogP contribution in [0.15, 0.2) is 10.5 Å². The van der Waals surface area contributed by atoms with Crippen molar-refractivity contribution in [2.45, 2.75) is 6.42 Å². The molecule has 0 N–H and O–H groups in total. The molecule has 0 fully saturated rings. The van der Waals surface area contributed by atoms with Gasteiger partial charge >= 0.3 is 18.9 Å². The zero-order valence-corrected chi connectivity index (χ0v) is 14.1. The Morgan fingerprint density at radius 3 is 2.21 bits per heavy atom. The van der Waals surface area contributed by atoms with E-state index in [1.54, 1.807) is 6.07 Å². The Bertz CT molecular complexity index is 454. The van der Waals surface area contributed by atoms with Crippen molar-refractivity contribution in [3.8, 4) is 17.2 Å². The molecule has 0 aliphatic heterocycles. The van der Waals surface area contributed by atoms with E-state index in [2.05, 4.69) is 25.2 Å². The second-order valence-electron chi connectivity index (χ2n) is 3.43. The van der Waals surface area contributed by atoms with Gasteiger partial charge in [-0.15, -0.1) is 0 Å². The zero-order chi connectivity index (χ0) is 13.7. The monoisotopic (exact) mass is 340 g/mol. The van der Waals surface area contributed by atoms with E-state index in [0.29, 0.717) is 39.9 Å². The third-order valence-electron chi connectivity index (χ3n) is 2.41. The van der Waals surface area contributed by atoms with Crippen LogP contribution in [0, 0.1) is 0 Å². The quantitative estimate of drug-likeness (QED) is 0.421. The fourth-order valence-corrected chi connectivity index (χ4v) is 2.43. The molecule has 7 heteroatoms. The maximum absolute atomic E-state index is 12.2. The number of rotatable bonds is 6. The van der Waals surface area contributed by atoms with Gasteiger partial charge in [-0.05, 0) is 22.4 Å². The molecule has 0 spiro atoms. The van der Waals surface area contributed by atoms with Crippen molar-refractivity contribution in [1.29, 1.82) is 0 Å². The predicted octanol–water partition coefficient (Wildman–Crippen LogP) is 0.194. The van der Waals surface area contributed by atoms with Gasteiger partial charge in [0.05, 0.1) is 25.8 Å². The number of Topliss-reactive ketones (excluding diaryl/α,β-unsaturated/α-hetero) is 1. The first-order valence-electron chi connectivity index (χ1n) is 5.26. The number of hydrogen-bond donors (Lipinski definition) is 0. The van der Waals surface area contributed by atoms with Crippen LogP contribution in [-0.4, -0.2) is 33.3 Å². The van der Waals surface area contributed by atoms with Crippen LogP contribution in [0.5, 0.6) is 17.2 Å². The molecule has 1 aromatic rings. The first-order valence-corrected chi connectivity index (χ1v) is 6.76. The SMILES string of the molecule is COc1cc(Br)c(OC)c(C(=O)CC[PH-])c1OC.[Li+]. The minimum absolute atomic E-state index is 0. The Balaban J connectivity index is 0.00000324. The molecule has 0 bridgehead atoms. The molecule has 19 heavy (non-hydrogen) atoms. The largest absolute Gasteiger partial charge is 1.00 e. The number of ketones is 1. The number of methoxy groups -OCH3 is 3. The number of halogens is 1. The van der Waals surface area contributed by atoms with Gasteiger partial charge in [0.25, 0.3) is 0 Å². The maximum Gasteiger partial charge on any atom is 1.00 e. The molecule has 0 saturated carbocycles. The van der Waals surface area contributed by atoms with Gasteiger partial charge in [-0.25, -0.2) is 0 Å². The van der Waals surface area contributed by atoms with Crippen LogP contribution in [0.25, 0.3) is 0 Å². The minimum Gasteiger partial charge on any atom is -0.558 e. The van der Waals surface area contributed by atoms with Crippen LogP contribution in [0.1, 0.15) is 16.8 Å². The number of ether oxygens (including phenoxy) is 3. The number of carbonyl (C=O) groups excluding carboxylic acids is 1. The fraction of sp³-hybridized carbons (Fsp3) is 0.417. The minimum atomic E-state index is -0.0710. The fourth-order valence-electron chi connectivity index (χ4n) is 1.64. The molecular formula is C12H15BrLiO4P. The van der Waals surface area contributed by atoms with E-state index < -0.39 is 0 Å². The van der Waals surface area contributed by atoms with E-state index >= 15 is 0 Å². The average molecular weight is 341 g/mol. The van der Waals surface area contributed by atoms with E-state index in [1.807, 2.05) is 0 Å². The molecule has 1 rings (SSSR count). The maximum atomic E-state index is 12.2. The molecule has 0 aliphatic carbocycles. The molecule has 0 amide bonds. The molecule has 0 aliphatic rings. The van der Waals surface area contributed by atoms with Crippen molar-refractivity contribution in [2.24, 2.45) is 0 Å². The van der Waals surface area contributed by atoms with Gasteiger partial charge in [0.1, 0.15) is 11.3 Å². The van der Waals surface area contributed by atoms with Crippen LogP contribution in [0.3, 0.4) is 0 Å². The summed E-state index contributed by atoms with van der Waals surface area (Å²) in [5.74, 6) is 1.27. The van der Waals surface area contributed by atoms with E-state index in [1.165, 1.54) is 21.3 Å². The number of carbonyl (C=O) groups is 1. The van der Waals surface area contributed by atoms with Gasteiger partial charge in [-0.3, -0.25) is 4.79 Å². The number of benzene rings is 1. The standard InChI is InChI=1S/C12H15BrO4P.Li/c1-15-9-6-7(13)11(16-2)10(12(9)17-3)8(14)4-5-18;/h6,18H,4-5H2,1-3H3;/q-1;+1. The van der Waals surface area contributed by atoms with Gasteiger partial charge in [-0.1, -0.05) is 0 Å². The van der Waals surface area contributed by atoms with E-state index in [0.717, 1.165) is 0 Å². The summed E-state index contributed by atoms with van der Waals surface area (Å²) in [6, 6.07) is 1.71. The second-order valence-corrected chi connectivity index (χ2v) is 4.78. The first-order chi connectivity index (χ1) is 8.60. The smallest absolute Gasteiger partial charge is 0.558 e. The summed E-state index contributed by atoms with van der Waals surface area (Å²) in [4.78, 5) is 12.2. The van der Waals surface area contributed by atoms with Gasteiger partial charge in [0.15, 0.2) is 17.3 Å². The Morgan fingerprint density at radius 2 is 1.79 bits per heavy atom. The van der Waals surface area contributed by atoms with Crippen molar-refractivity contribution in [3.63, 3.8) is 0 Å². The van der Waals surface area contributed by atoms with Gasteiger partial charge in [0.2, 0.25) is 0 Å². The molecule has 0 aromatic heterocycles. The summed E-state index contributed by atoms with van der Waals surface area (Å²) >= 11 is 3.36. The Labute approximate surface area is 136 Å². The summed E-state index contributed by atoms with van der Waals surface area (Å²) in [5.41, 5.74) is 0.393. The molecule has 0 unspecified atom stereocenters. The van der Waals surface area contributed by atoms with Crippen molar-refractivity contribution in [3.05, 3.63) is 16.1 Å². The van der Waals surface area contributed by atoms with Crippen LogP contribution in [-0.2, 0) is 0 Å². The number of hydrogen-bond acceptors (Lipinski definition) is 4. The van der Waals surface area contributed by atoms with E-state index in [-0.39, 0.29) is 24.6 Å². The van der Waals surface area contributed by atoms with Crippen LogP contribution in [0.2, 0.25) is 0 Å². The Hall–Kier alpha value is -0.203. The summed E-state index contributed by atoms with van der Waals surface area (Å²) in [7, 11) is 7.83. The van der Waals surface area contributed by atoms with Gasteiger partial charge in [0, 0.05) is 6.07 Å². The molecule has 1 aromatic carbocycles. The topological polar surface area (TPSA) is 44.8 Å². The summed E-state index contributed by atoms with van der Waals surface area (Å²) in [6.45, 7) is 0. The van der Waals surface area contributed by atoms with Gasteiger partial charge in [-0.2, -0.15) is 6.16 Å². The molecule has 0 atom stereocenters.